The van der Waals surface area contributed by atoms with Crippen molar-refractivity contribution in [3.8, 4) is 0 Å². The van der Waals surface area contributed by atoms with E-state index in [0.717, 1.165) is 0 Å². The minimum absolute atomic E-state index is 0.186. The summed E-state index contributed by atoms with van der Waals surface area (Å²) in [4.78, 5) is 39.5. The number of esters is 1. The minimum Gasteiger partial charge on any atom is -0.467 e. The van der Waals surface area contributed by atoms with Gasteiger partial charge in [0.25, 0.3) is 0 Å². The van der Waals surface area contributed by atoms with Crippen molar-refractivity contribution in [2.75, 3.05) is 20.2 Å². The van der Waals surface area contributed by atoms with E-state index in [9.17, 15) is 22.8 Å². The van der Waals surface area contributed by atoms with Gasteiger partial charge >= 0.3 is 12.1 Å². The molecule has 0 aromatic rings. The van der Waals surface area contributed by atoms with Gasteiger partial charge in [0.05, 0.1) is 12.4 Å². The van der Waals surface area contributed by atoms with E-state index in [1.54, 1.807) is 20.8 Å². The van der Waals surface area contributed by atoms with Gasteiger partial charge in [-0.25, -0.2) is 18.0 Å². The number of amides is 2. The lowest BCUT2D eigenvalue weighted by Crippen LogP contribution is -2.60. The van der Waals surface area contributed by atoms with Gasteiger partial charge in [0.2, 0.25) is 15.9 Å². The molecule has 0 aromatic heterocycles. The summed E-state index contributed by atoms with van der Waals surface area (Å²) in [5.74, 6) is -1.00. The number of ether oxygens (including phenoxy) is 2. The maximum atomic E-state index is 13.4. The molecule has 0 radical (unpaired) electrons. The smallest absolute Gasteiger partial charge is 0.408 e. The first-order valence-corrected chi connectivity index (χ1v) is 11.8. The second-order valence-corrected chi connectivity index (χ2v) is 11.3. The molecule has 10 nitrogen and oxygen atoms in total. The van der Waals surface area contributed by atoms with E-state index in [1.807, 2.05) is 0 Å². The number of sulfonamides is 1. The van der Waals surface area contributed by atoms with Crippen molar-refractivity contribution >= 4 is 28.0 Å². The van der Waals surface area contributed by atoms with E-state index in [0.29, 0.717) is 32.1 Å². The molecule has 0 unspecified atom stereocenters. The summed E-state index contributed by atoms with van der Waals surface area (Å²) in [5.41, 5.74) is -0.779. The van der Waals surface area contributed by atoms with Crippen molar-refractivity contribution in [2.45, 2.75) is 81.9 Å². The number of rotatable bonds is 4. The largest absolute Gasteiger partial charge is 0.467 e. The summed E-state index contributed by atoms with van der Waals surface area (Å²) in [6, 6.07) is -2.18. The normalized spacial score (nSPS) is 28.3. The number of carbonyl (C=O) groups excluding carboxylic acids is 3. The van der Waals surface area contributed by atoms with Gasteiger partial charge in [-0.3, -0.25) is 4.79 Å². The number of nitrogens with one attached hydrogen (secondary N) is 1. The third kappa shape index (κ3) is 4.88. The molecule has 2 saturated heterocycles. The molecule has 1 saturated carbocycles. The predicted octanol–water partition coefficient (Wildman–Crippen LogP) is 0.610. The topological polar surface area (TPSA) is 122 Å². The van der Waals surface area contributed by atoms with Crippen LogP contribution in [0.5, 0.6) is 0 Å². The molecule has 30 heavy (non-hydrogen) atoms. The molecule has 3 aliphatic rings. The summed E-state index contributed by atoms with van der Waals surface area (Å²) in [6.45, 7) is 5.13. The highest BCUT2D eigenvalue weighted by molar-refractivity contribution is 7.90. The van der Waals surface area contributed by atoms with Crippen LogP contribution in [0.25, 0.3) is 0 Å². The van der Waals surface area contributed by atoms with Crippen LogP contribution in [0.15, 0.2) is 0 Å². The molecule has 3 rings (SSSR count). The van der Waals surface area contributed by atoms with E-state index in [2.05, 4.69) is 5.32 Å². The van der Waals surface area contributed by atoms with Crippen molar-refractivity contribution < 1.29 is 32.3 Å². The molecule has 3 atom stereocenters. The van der Waals surface area contributed by atoms with Gasteiger partial charge in [-0.05, 0) is 52.9 Å². The van der Waals surface area contributed by atoms with Crippen LogP contribution in [0.2, 0.25) is 0 Å². The zero-order valence-corrected chi connectivity index (χ0v) is 18.7. The molecule has 1 N–H and O–H groups in total. The Balaban J connectivity index is 1.87. The summed E-state index contributed by atoms with van der Waals surface area (Å²) in [5, 5.41) is 2.11. The average molecular weight is 446 g/mol. The lowest BCUT2D eigenvalue weighted by molar-refractivity contribution is -0.153. The fraction of sp³-hybridized carbons (Fsp3) is 0.842. The van der Waals surface area contributed by atoms with Crippen molar-refractivity contribution in [1.82, 2.24) is 14.5 Å². The van der Waals surface area contributed by atoms with Crippen LogP contribution < -0.4 is 5.32 Å². The monoisotopic (exact) mass is 445 g/mol. The van der Waals surface area contributed by atoms with Gasteiger partial charge in [-0.2, -0.15) is 4.31 Å². The zero-order chi connectivity index (χ0) is 22.3. The lowest BCUT2D eigenvalue weighted by atomic mass is 10.1. The van der Waals surface area contributed by atoms with Crippen molar-refractivity contribution in [2.24, 2.45) is 0 Å². The highest BCUT2D eigenvalue weighted by atomic mass is 32.2. The van der Waals surface area contributed by atoms with Crippen LogP contribution in [-0.2, 0) is 29.1 Å². The second-order valence-electron chi connectivity index (χ2n) is 9.11. The molecular formula is C19H31N3O7S. The van der Waals surface area contributed by atoms with Crippen molar-refractivity contribution in [3.63, 3.8) is 0 Å². The predicted molar refractivity (Wildman–Crippen MR) is 107 cm³/mol. The zero-order valence-electron chi connectivity index (χ0n) is 17.9. The molecule has 0 bridgehead atoms. The Kier molecular flexibility index (Phi) is 6.33. The molecule has 0 spiro atoms. The molecule has 11 heteroatoms. The molecule has 3 fully saturated rings. The Morgan fingerprint density at radius 3 is 2.33 bits per heavy atom. The van der Waals surface area contributed by atoms with Crippen LogP contribution in [-0.4, -0.2) is 84.8 Å². The SMILES string of the molecule is COC(=O)[C@@H]1CC[C@@H]2CCN(S(=O)(=O)C3CC3)C[C@H](NC(=O)OC(C)(C)C)C(=O)N21. The molecule has 0 aromatic carbocycles. The van der Waals surface area contributed by atoms with Gasteiger partial charge in [0, 0.05) is 19.1 Å². The van der Waals surface area contributed by atoms with Crippen LogP contribution in [0, 0.1) is 0 Å². The Hall–Kier alpha value is -1.88. The minimum atomic E-state index is -3.54. The quantitative estimate of drug-likeness (QED) is 0.629. The van der Waals surface area contributed by atoms with E-state index in [1.165, 1.54) is 16.3 Å². The van der Waals surface area contributed by atoms with Crippen molar-refractivity contribution in [3.05, 3.63) is 0 Å². The molecule has 2 heterocycles. The Morgan fingerprint density at radius 1 is 1.10 bits per heavy atom. The summed E-state index contributed by atoms with van der Waals surface area (Å²) < 4.78 is 37.2. The highest BCUT2D eigenvalue weighted by Crippen LogP contribution is 2.34. The molecule has 170 valence electrons. The maximum absolute atomic E-state index is 13.4. The second kappa shape index (κ2) is 8.33. The van der Waals surface area contributed by atoms with Gasteiger partial charge < -0.3 is 19.7 Å². The number of hydrogen-bond acceptors (Lipinski definition) is 7. The first-order valence-electron chi connectivity index (χ1n) is 10.3. The van der Waals surface area contributed by atoms with Crippen LogP contribution in [0.1, 0.15) is 52.9 Å². The van der Waals surface area contributed by atoms with Crippen molar-refractivity contribution in [1.29, 1.82) is 0 Å². The molecule has 2 aliphatic heterocycles. The Bertz CT molecular complexity index is 803. The molecule has 2 amide bonds. The Morgan fingerprint density at radius 2 is 1.77 bits per heavy atom. The fourth-order valence-corrected chi connectivity index (χ4v) is 5.95. The number of methoxy groups -OCH3 is 1. The van der Waals surface area contributed by atoms with Crippen LogP contribution in [0.4, 0.5) is 4.79 Å². The molecule has 1 aliphatic carbocycles. The van der Waals surface area contributed by atoms with E-state index in [4.69, 9.17) is 9.47 Å². The van der Waals surface area contributed by atoms with E-state index < -0.39 is 50.9 Å². The summed E-state index contributed by atoms with van der Waals surface area (Å²) in [6.07, 6.45) is 1.85. The summed E-state index contributed by atoms with van der Waals surface area (Å²) in [7, 11) is -2.27. The van der Waals surface area contributed by atoms with Crippen LogP contribution in [0.3, 0.4) is 0 Å². The number of hydrogen-bond donors (Lipinski definition) is 1. The van der Waals surface area contributed by atoms with Gasteiger partial charge in [-0.1, -0.05) is 0 Å². The van der Waals surface area contributed by atoms with Gasteiger partial charge in [0.1, 0.15) is 17.7 Å². The Labute approximate surface area is 177 Å². The van der Waals surface area contributed by atoms with Gasteiger partial charge in [-0.15, -0.1) is 0 Å². The third-order valence-electron chi connectivity index (χ3n) is 5.62. The maximum Gasteiger partial charge on any atom is 0.408 e. The highest BCUT2D eigenvalue weighted by Gasteiger charge is 2.48. The van der Waals surface area contributed by atoms with Gasteiger partial charge in [0.15, 0.2) is 0 Å². The number of nitrogens with zero attached hydrogens (tertiary/aromatic N) is 2. The first kappa shape index (κ1) is 22.8. The third-order valence-corrected chi connectivity index (χ3v) is 7.99. The van der Waals surface area contributed by atoms with Crippen LogP contribution >= 0.6 is 0 Å². The standard InChI is InChI=1S/C19H31N3O7S/c1-19(2,3)29-18(25)20-14-11-21(30(26,27)13-6-7-13)10-9-12-5-8-15(17(24)28-4)22(12)16(14)23/h12-15H,5-11H2,1-4H3,(H,20,25)/t12-,14+,15+/m1/s1. The first-order chi connectivity index (χ1) is 13.9. The summed E-state index contributed by atoms with van der Waals surface area (Å²) >= 11 is 0. The molecular weight excluding hydrogens is 414 g/mol. The average Bonchev–Trinajstić information content (AvgIpc) is 3.41. The number of fused-ring (bicyclic) bond motifs is 1. The lowest BCUT2D eigenvalue weighted by Gasteiger charge is -2.38. The fourth-order valence-electron chi connectivity index (χ4n) is 4.08. The number of carbonyl (C=O) groups is 3. The van der Waals surface area contributed by atoms with E-state index >= 15 is 0 Å². The van der Waals surface area contributed by atoms with E-state index in [-0.39, 0.29) is 19.1 Å². The number of alkyl carbamates (subject to hydrolysis) is 1.